The Kier molecular flexibility index (Phi) is 4.77. The van der Waals surface area contributed by atoms with Gasteiger partial charge in [-0.05, 0) is 36.2 Å². The molecule has 2 aromatic rings. The number of hydrogen-bond donors (Lipinski definition) is 2. The van der Waals surface area contributed by atoms with E-state index in [1.807, 2.05) is 6.92 Å². The Labute approximate surface area is 119 Å². The van der Waals surface area contributed by atoms with Crippen LogP contribution in [0.3, 0.4) is 0 Å². The summed E-state index contributed by atoms with van der Waals surface area (Å²) in [7, 11) is 0. The summed E-state index contributed by atoms with van der Waals surface area (Å²) in [5.41, 5.74) is 3.11. The van der Waals surface area contributed by atoms with Gasteiger partial charge in [-0.3, -0.25) is 10.8 Å². The van der Waals surface area contributed by atoms with Crippen molar-refractivity contribution in [3.05, 3.63) is 59.2 Å². The molecule has 0 fully saturated rings. The molecule has 3 N–H and O–H groups in total. The van der Waals surface area contributed by atoms with Gasteiger partial charge in [0, 0.05) is 6.20 Å². The van der Waals surface area contributed by atoms with Crippen LogP contribution >= 0.6 is 0 Å². The summed E-state index contributed by atoms with van der Waals surface area (Å²) in [6, 6.07) is 2.66. The summed E-state index contributed by atoms with van der Waals surface area (Å²) in [5, 5.41) is 0. The Morgan fingerprint density at radius 3 is 2.38 bits per heavy atom. The van der Waals surface area contributed by atoms with Crippen molar-refractivity contribution < 1.29 is 17.9 Å². The monoisotopic (exact) mass is 297 g/mol. The Morgan fingerprint density at radius 2 is 1.81 bits per heavy atom. The molecule has 0 saturated heterocycles. The van der Waals surface area contributed by atoms with Crippen LogP contribution in [0.4, 0.5) is 13.2 Å². The van der Waals surface area contributed by atoms with E-state index in [0.717, 1.165) is 12.1 Å². The molecular formula is C14H14F3N3O. The predicted molar refractivity (Wildman–Crippen MR) is 70.9 cm³/mol. The average molecular weight is 297 g/mol. The van der Waals surface area contributed by atoms with Crippen molar-refractivity contribution in [2.45, 2.75) is 13.0 Å². The standard InChI is InChI=1S/C14H14F3N3O/c1-2-21-10-3-9(6-19-7-10)14(20-18)8-4-11(15)13(17)12(16)5-8/h3-7,14,20H,2,18H2,1H3. The van der Waals surface area contributed by atoms with E-state index in [9.17, 15) is 13.2 Å². The number of nitrogens with zero attached hydrogens (tertiary/aromatic N) is 1. The molecule has 0 radical (unpaired) electrons. The molecule has 1 atom stereocenters. The van der Waals surface area contributed by atoms with Crippen molar-refractivity contribution in [2.24, 2.45) is 5.84 Å². The van der Waals surface area contributed by atoms with Crippen LogP contribution in [-0.4, -0.2) is 11.6 Å². The lowest BCUT2D eigenvalue weighted by molar-refractivity contribution is 0.338. The molecule has 0 saturated carbocycles. The number of rotatable bonds is 5. The van der Waals surface area contributed by atoms with Crippen molar-refractivity contribution in [1.82, 2.24) is 10.4 Å². The number of pyridine rings is 1. The first-order valence-electron chi connectivity index (χ1n) is 6.25. The zero-order valence-corrected chi connectivity index (χ0v) is 11.2. The van der Waals surface area contributed by atoms with Gasteiger partial charge in [0.05, 0.1) is 18.8 Å². The molecule has 1 unspecified atom stereocenters. The van der Waals surface area contributed by atoms with Crippen molar-refractivity contribution >= 4 is 0 Å². The number of halogens is 3. The Balaban J connectivity index is 2.42. The van der Waals surface area contributed by atoms with Crippen LogP contribution in [-0.2, 0) is 0 Å². The highest BCUT2D eigenvalue weighted by molar-refractivity contribution is 5.34. The van der Waals surface area contributed by atoms with Crippen molar-refractivity contribution in [3.63, 3.8) is 0 Å². The normalized spacial score (nSPS) is 12.2. The first kappa shape index (κ1) is 15.3. The SMILES string of the molecule is CCOc1cncc(C(NN)c2cc(F)c(F)c(F)c2)c1. The molecule has 7 heteroatoms. The third-order valence-electron chi connectivity index (χ3n) is 2.88. The summed E-state index contributed by atoms with van der Waals surface area (Å²) < 4.78 is 45.0. The molecule has 4 nitrogen and oxygen atoms in total. The van der Waals surface area contributed by atoms with E-state index in [-0.39, 0.29) is 5.56 Å². The highest BCUT2D eigenvalue weighted by Crippen LogP contribution is 2.26. The maximum absolute atomic E-state index is 13.3. The molecule has 112 valence electrons. The summed E-state index contributed by atoms with van der Waals surface area (Å²) in [6.07, 6.45) is 2.98. The summed E-state index contributed by atoms with van der Waals surface area (Å²) in [6.45, 7) is 2.27. The van der Waals surface area contributed by atoms with Crippen LogP contribution in [0, 0.1) is 17.5 Å². The third-order valence-corrected chi connectivity index (χ3v) is 2.88. The number of nitrogens with two attached hydrogens (primary N) is 1. The zero-order valence-electron chi connectivity index (χ0n) is 11.2. The maximum atomic E-state index is 13.3. The lowest BCUT2D eigenvalue weighted by Gasteiger charge is -2.17. The Hall–Kier alpha value is -2.12. The van der Waals surface area contributed by atoms with Crippen molar-refractivity contribution in [3.8, 4) is 5.75 Å². The molecule has 1 aromatic carbocycles. The van der Waals surface area contributed by atoms with Gasteiger partial charge in [-0.2, -0.15) is 0 Å². The molecule has 0 aliphatic rings. The number of hydrogen-bond acceptors (Lipinski definition) is 4. The molecule has 0 aliphatic heterocycles. The predicted octanol–water partition coefficient (Wildman–Crippen LogP) is 2.45. The number of ether oxygens (including phenoxy) is 1. The molecule has 2 rings (SSSR count). The van der Waals surface area contributed by atoms with Gasteiger partial charge in [-0.25, -0.2) is 18.6 Å². The van der Waals surface area contributed by atoms with Gasteiger partial charge < -0.3 is 4.74 Å². The maximum Gasteiger partial charge on any atom is 0.194 e. The molecule has 0 aliphatic carbocycles. The second-order valence-electron chi connectivity index (χ2n) is 4.29. The molecule has 1 aromatic heterocycles. The van der Waals surface area contributed by atoms with Gasteiger partial charge in [0.1, 0.15) is 5.75 Å². The highest BCUT2D eigenvalue weighted by Gasteiger charge is 2.19. The minimum atomic E-state index is -1.52. The lowest BCUT2D eigenvalue weighted by atomic mass is 10.0. The minimum absolute atomic E-state index is 0.143. The van der Waals surface area contributed by atoms with E-state index in [1.54, 1.807) is 6.07 Å². The fraction of sp³-hybridized carbons (Fsp3) is 0.214. The quantitative estimate of drug-likeness (QED) is 0.505. The average Bonchev–Trinajstić information content (AvgIpc) is 2.46. The number of aromatic nitrogens is 1. The number of benzene rings is 1. The smallest absolute Gasteiger partial charge is 0.194 e. The first-order valence-corrected chi connectivity index (χ1v) is 6.25. The molecular weight excluding hydrogens is 283 g/mol. The van der Waals surface area contributed by atoms with Crippen LogP contribution in [0.5, 0.6) is 5.75 Å². The van der Waals surface area contributed by atoms with E-state index in [4.69, 9.17) is 10.6 Å². The van der Waals surface area contributed by atoms with Crippen LogP contribution in [0.25, 0.3) is 0 Å². The van der Waals surface area contributed by atoms with Gasteiger partial charge >= 0.3 is 0 Å². The minimum Gasteiger partial charge on any atom is -0.492 e. The lowest BCUT2D eigenvalue weighted by Crippen LogP contribution is -2.29. The van der Waals surface area contributed by atoms with E-state index >= 15 is 0 Å². The van der Waals surface area contributed by atoms with Gasteiger partial charge in [0.25, 0.3) is 0 Å². The first-order chi connectivity index (χ1) is 10.1. The van der Waals surface area contributed by atoms with Crippen LogP contribution < -0.4 is 16.0 Å². The summed E-state index contributed by atoms with van der Waals surface area (Å²) >= 11 is 0. The largest absolute Gasteiger partial charge is 0.492 e. The van der Waals surface area contributed by atoms with Crippen LogP contribution in [0.15, 0.2) is 30.6 Å². The van der Waals surface area contributed by atoms with E-state index in [1.165, 1.54) is 12.4 Å². The molecule has 0 bridgehead atoms. The molecule has 0 spiro atoms. The van der Waals surface area contributed by atoms with Gasteiger partial charge in [0.15, 0.2) is 17.5 Å². The zero-order chi connectivity index (χ0) is 15.4. The third kappa shape index (κ3) is 3.32. The second kappa shape index (κ2) is 6.55. The highest BCUT2D eigenvalue weighted by atomic mass is 19.2. The topological polar surface area (TPSA) is 60.2 Å². The van der Waals surface area contributed by atoms with E-state index in [2.05, 4.69) is 10.4 Å². The van der Waals surface area contributed by atoms with Crippen LogP contribution in [0.1, 0.15) is 24.1 Å². The molecule has 1 heterocycles. The Bertz CT molecular complexity index is 614. The second-order valence-corrected chi connectivity index (χ2v) is 4.29. The van der Waals surface area contributed by atoms with Crippen LogP contribution in [0.2, 0.25) is 0 Å². The Morgan fingerprint density at radius 1 is 1.14 bits per heavy atom. The molecule has 21 heavy (non-hydrogen) atoms. The fourth-order valence-corrected chi connectivity index (χ4v) is 1.97. The number of nitrogens with one attached hydrogen (secondary N) is 1. The molecule has 0 amide bonds. The van der Waals surface area contributed by atoms with Crippen molar-refractivity contribution in [1.29, 1.82) is 0 Å². The van der Waals surface area contributed by atoms with Crippen molar-refractivity contribution in [2.75, 3.05) is 6.61 Å². The van der Waals surface area contributed by atoms with Gasteiger partial charge in [-0.1, -0.05) is 0 Å². The van der Waals surface area contributed by atoms with Gasteiger partial charge in [0.2, 0.25) is 0 Å². The number of hydrazine groups is 1. The summed E-state index contributed by atoms with van der Waals surface area (Å²) in [4.78, 5) is 3.98. The van der Waals surface area contributed by atoms with E-state index in [0.29, 0.717) is 17.9 Å². The fourth-order valence-electron chi connectivity index (χ4n) is 1.97. The van der Waals surface area contributed by atoms with Gasteiger partial charge in [-0.15, -0.1) is 0 Å². The summed E-state index contributed by atoms with van der Waals surface area (Å²) in [5.74, 6) is 1.87. The van der Waals surface area contributed by atoms with E-state index < -0.39 is 23.5 Å².